The molecule has 0 aromatic heterocycles. The van der Waals surface area contributed by atoms with Crippen molar-refractivity contribution < 1.29 is 14.7 Å². The van der Waals surface area contributed by atoms with Crippen molar-refractivity contribution in [2.75, 3.05) is 0 Å². The van der Waals surface area contributed by atoms with E-state index in [1.165, 1.54) is 0 Å². The average Bonchev–Trinajstić information content (AvgIpc) is 2.42. The smallest absolute Gasteiger partial charge is 0.326 e. The molecular formula is C13H16N4O3. The maximum atomic E-state index is 11.9. The van der Waals surface area contributed by atoms with Gasteiger partial charge in [0, 0.05) is 10.5 Å². The van der Waals surface area contributed by atoms with Crippen LogP contribution in [0, 0.1) is 6.92 Å². The highest BCUT2D eigenvalue weighted by molar-refractivity contribution is 5.96. The van der Waals surface area contributed by atoms with Gasteiger partial charge in [-0.05, 0) is 42.1 Å². The van der Waals surface area contributed by atoms with Crippen molar-refractivity contribution in [3.05, 3.63) is 45.3 Å². The first kappa shape index (κ1) is 15.5. The highest BCUT2D eigenvalue weighted by Gasteiger charge is 2.18. The number of carboxylic acids is 1. The molecule has 1 atom stereocenters. The van der Waals surface area contributed by atoms with Gasteiger partial charge in [0.2, 0.25) is 0 Å². The topological polar surface area (TPSA) is 115 Å². The van der Waals surface area contributed by atoms with Crippen LogP contribution in [0.2, 0.25) is 0 Å². The predicted molar refractivity (Wildman–Crippen MR) is 73.2 cm³/mol. The molecule has 7 heteroatoms. The third-order valence-electron chi connectivity index (χ3n) is 2.92. The lowest BCUT2D eigenvalue weighted by Gasteiger charge is -2.13. The Morgan fingerprint density at radius 3 is 2.70 bits per heavy atom. The standard InChI is InChI=1S/C13H16N4O3/c1-3-11(13(19)20)16-12(18)9-4-5-10(7-15-17-14)8(2)6-9/h4-6,11H,3,7H2,1-2H3,(H,16,18)(H,19,20). The summed E-state index contributed by atoms with van der Waals surface area (Å²) in [5.74, 6) is -1.49. The van der Waals surface area contributed by atoms with Crippen molar-refractivity contribution in [2.45, 2.75) is 32.9 Å². The van der Waals surface area contributed by atoms with Gasteiger partial charge in [-0.3, -0.25) is 4.79 Å². The Labute approximate surface area is 116 Å². The summed E-state index contributed by atoms with van der Waals surface area (Å²) in [5.41, 5.74) is 10.3. The molecule has 0 aliphatic rings. The molecule has 0 spiro atoms. The minimum absolute atomic E-state index is 0.219. The zero-order valence-electron chi connectivity index (χ0n) is 11.3. The Morgan fingerprint density at radius 2 is 2.20 bits per heavy atom. The summed E-state index contributed by atoms with van der Waals surface area (Å²) >= 11 is 0. The van der Waals surface area contributed by atoms with Crippen LogP contribution in [0.4, 0.5) is 0 Å². The minimum Gasteiger partial charge on any atom is -0.480 e. The molecule has 7 nitrogen and oxygen atoms in total. The average molecular weight is 276 g/mol. The second-order valence-electron chi connectivity index (χ2n) is 4.30. The van der Waals surface area contributed by atoms with E-state index in [1.807, 2.05) is 0 Å². The lowest BCUT2D eigenvalue weighted by atomic mass is 10.0. The van der Waals surface area contributed by atoms with Crippen molar-refractivity contribution in [1.29, 1.82) is 0 Å². The van der Waals surface area contributed by atoms with Crippen LogP contribution in [-0.2, 0) is 11.3 Å². The Morgan fingerprint density at radius 1 is 1.50 bits per heavy atom. The van der Waals surface area contributed by atoms with E-state index in [0.717, 1.165) is 11.1 Å². The molecule has 20 heavy (non-hydrogen) atoms. The number of aliphatic carboxylic acids is 1. The number of hydrogen-bond donors (Lipinski definition) is 2. The number of aryl methyl sites for hydroxylation is 1. The number of amides is 1. The molecular weight excluding hydrogens is 260 g/mol. The van der Waals surface area contributed by atoms with Crippen LogP contribution < -0.4 is 5.32 Å². The summed E-state index contributed by atoms with van der Waals surface area (Å²) in [4.78, 5) is 25.5. The normalized spacial score (nSPS) is 11.3. The molecule has 1 rings (SSSR count). The monoisotopic (exact) mass is 276 g/mol. The predicted octanol–water partition coefficient (Wildman–Crippen LogP) is 2.40. The van der Waals surface area contributed by atoms with E-state index in [9.17, 15) is 9.59 Å². The second-order valence-corrected chi connectivity index (χ2v) is 4.30. The van der Waals surface area contributed by atoms with Crippen molar-refractivity contribution in [1.82, 2.24) is 5.32 Å². The van der Waals surface area contributed by atoms with E-state index < -0.39 is 17.9 Å². The summed E-state index contributed by atoms with van der Waals surface area (Å²) in [5, 5.41) is 14.8. The van der Waals surface area contributed by atoms with E-state index in [0.29, 0.717) is 12.0 Å². The quantitative estimate of drug-likeness (QED) is 0.472. The van der Waals surface area contributed by atoms with Gasteiger partial charge >= 0.3 is 5.97 Å². The van der Waals surface area contributed by atoms with Crippen LogP contribution in [0.5, 0.6) is 0 Å². The fourth-order valence-electron chi connectivity index (χ4n) is 1.70. The number of carboxylic acid groups (broad SMARTS) is 1. The van der Waals surface area contributed by atoms with Gasteiger partial charge in [0.05, 0.1) is 6.54 Å². The Kier molecular flexibility index (Phi) is 5.56. The SMILES string of the molecule is CCC(NC(=O)c1ccc(CN=[N+]=[N-])c(C)c1)C(=O)O. The van der Waals surface area contributed by atoms with Crippen LogP contribution in [0.1, 0.15) is 34.8 Å². The number of nitrogens with zero attached hydrogens (tertiary/aromatic N) is 3. The van der Waals surface area contributed by atoms with Gasteiger partial charge in [-0.25, -0.2) is 4.79 Å². The van der Waals surface area contributed by atoms with E-state index in [4.69, 9.17) is 10.6 Å². The van der Waals surface area contributed by atoms with Crippen LogP contribution in [0.15, 0.2) is 23.3 Å². The molecule has 1 amide bonds. The number of nitrogens with one attached hydrogen (secondary N) is 1. The summed E-state index contributed by atoms with van der Waals surface area (Å²) in [6.07, 6.45) is 0.315. The van der Waals surface area contributed by atoms with Gasteiger partial charge in [0.15, 0.2) is 0 Å². The van der Waals surface area contributed by atoms with E-state index in [1.54, 1.807) is 32.0 Å². The van der Waals surface area contributed by atoms with Gasteiger partial charge < -0.3 is 10.4 Å². The second kappa shape index (κ2) is 7.16. The fourth-order valence-corrected chi connectivity index (χ4v) is 1.70. The minimum atomic E-state index is -1.06. The van der Waals surface area contributed by atoms with E-state index in [-0.39, 0.29) is 6.54 Å². The summed E-state index contributed by atoms with van der Waals surface area (Å²) < 4.78 is 0. The van der Waals surface area contributed by atoms with Gasteiger partial charge in [-0.15, -0.1) is 0 Å². The van der Waals surface area contributed by atoms with Crippen LogP contribution in [-0.4, -0.2) is 23.0 Å². The fraction of sp³-hybridized carbons (Fsp3) is 0.385. The van der Waals surface area contributed by atoms with Crippen molar-refractivity contribution in [3.8, 4) is 0 Å². The summed E-state index contributed by atoms with van der Waals surface area (Å²) in [6, 6.07) is 4.03. The Balaban J connectivity index is 2.86. The maximum absolute atomic E-state index is 11.9. The molecule has 0 saturated heterocycles. The molecule has 0 aliphatic heterocycles. The molecule has 1 unspecified atom stereocenters. The molecule has 0 saturated carbocycles. The zero-order chi connectivity index (χ0) is 15.1. The van der Waals surface area contributed by atoms with Gasteiger partial charge in [-0.2, -0.15) is 0 Å². The van der Waals surface area contributed by atoms with Crippen molar-refractivity contribution >= 4 is 11.9 Å². The van der Waals surface area contributed by atoms with Crippen molar-refractivity contribution in [3.63, 3.8) is 0 Å². The maximum Gasteiger partial charge on any atom is 0.326 e. The van der Waals surface area contributed by atoms with E-state index in [2.05, 4.69) is 15.3 Å². The van der Waals surface area contributed by atoms with E-state index >= 15 is 0 Å². The molecule has 0 fully saturated rings. The number of hydrogen-bond acceptors (Lipinski definition) is 3. The third-order valence-corrected chi connectivity index (χ3v) is 2.92. The molecule has 1 aromatic rings. The lowest BCUT2D eigenvalue weighted by molar-refractivity contribution is -0.139. The van der Waals surface area contributed by atoms with Crippen LogP contribution in [0.25, 0.3) is 10.4 Å². The molecule has 0 heterocycles. The largest absolute Gasteiger partial charge is 0.480 e. The number of carbonyl (C=O) groups is 2. The third kappa shape index (κ3) is 4.00. The first-order valence-corrected chi connectivity index (χ1v) is 6.13. The van der Waals surface area contributed by atoms with Crippen LogP contribution in [0.3, 0.4) is 0 Å². The Bertz CT molecular complexity index is 565. The highest BCUT2D eigenvalue weighted by atomic mass is 16.4. The van der Waals surface area contributed by atoms with Crippen molar-refractivity contribution in [2.24, 2.45) is 5.11 Å². The molecule has 106 valence electrons. The van der Waals surface area contributed by atoms with Crippen LogP contribution >= 0.6 is 0 Å². The van der Waals surface area contributed by atoms with Gasteiger partial charge in [0.25, 0.3) is 5.91 Å². The lowest BCUT2D eigenvalue weighted by Crippen LogP contribution is -2.40. The molecule has 0 radical (unpaired) electrons. The molecule has 1 aromatic carbocycles. The molecule has 2 N–H and O–H groups in total. The van der Waals surface area contributed by atoms with Gasteiger partial charge in [0.1, 0.15) is 6.04 Å². The first-order chi connectivity index (χ1) is 9.49. The number of azide groups is 1. The Hall–Kier alpha value is -2.53. The highest BCUT2D eigenvalue weighted by Crippen LogP contribution is 2.13. The van der Waals surface area contributed by atoms with Gasteiger partial charge in [-0.1, -0.05) is 18.1 Å². The summed E-state index contributed by atoms with van der Waals surface area (Å²) in [7, 11) is 0. The zero-order valence-corrected chi connectivity index (χ0v) is 11.3. The number of benzene rings is 1. The summed E-state index contributed by atoms with van der Waals surface area (Å²) in [6.45, 7) is 3.71. The molecule has 0 bridgehead atoms. The number of rotatable bonds is 6. The first-order valence-electron chi connectivity index (χ1n) is 6.13. The number of carbonyl (C=O) groups excluding carboxylic acids is 1. The molecule has 0 aliphatic carbocycles.